The van der Waals surface area contributed by atoms with Crippen LogP contribution in [0.5, 0.6) is 23.0 Å². The van der Waals surface area contributed by atoms with Gasteiger partial charge in [-0.3, -0.25) is 0 Å². The lowest BCUT2D eigenvalue weighted by Crippen LogP contribution is -2.32. The Morgan fingerprint density at radius 2 is 1.55 bits per heavy atom. The van der Waals surface area contributed by atoms with Crippen molar-refractivity contribution in [2.75, 3.05) is 0 Å². The highest BCUT2D eigenvalue weighted by Crippen LogP contribution is 2.57. The van der Waals surface area contributed by atoms with Gasteiger partial charge in [-0.15, -0.1) is 0 Å². The van der Waals surface area contributed by atoms with E-state index in [1.807, 2.05) is 0 Å². The molecule has 29 heavy (non-hydrogen) atoms. The topological polar surface area (TPSA) is 125 Å². The Morgan fingerprint density at radius 1 is 0.931 bits per heavy atom. The highest BCUT2D eigenvalue weighted by atomic mass is 16.6. The van der Waals surface area contributed by atoms with E-state index in [2.05, 4.69) is 10.0 Å². The molecule has 0 aromatic heterocycles. The summed E-state index contributed by atoms with van der Waals surface area (Å²) in [6.45, 7) is 0.113. The highest BCUT2D eigenvalue weighted by Gasteiger charge is 2.53. The third-order valence-electron chi connectivity index (χ3n) is 5.15. The number of benzene rings is 3. The van der Waals surface area contributed by atoms with Gasteiger partial charge in [0.15, 0.2) is 5.60 Å². The number of hydrogen-bond acceptors (Lipinski definition) is 6. The lowest BCUT2D eigenvalue weighted by atomic mass is 9.77. The van der Waals surface area contributed by atoms with E-state index in [1.165, 1.54) is 24.3 Å². The number of carbonyl (C=O) groups excluding carboxylic acids is 1. The summed E-state index contributed by atoms with van der Waals surface area (Å²) >= 11 is 0. The molecule has 0 unspecified atom stereocenters. The van der Waals surface area contributed by atoms with Crippen molar-refractivity contribution in [2.24, 2.45) is 5.11 Å². The SMILES string of the molecule is [N-]=[N+]=NCc1ccc2c(c1)C(=O)OC21c2ccc(O)cc2Oc2cc(O)ccc21. The van der Waals surface area contributed by atoms with E-state index in [-0.39, 0.29) is 18.0 Å². The fraction of sp³-hybridized carbons (Fsp3) is 0.0952. The number of fused-ring (bicyclic) bond motifs is 6. The minimum atomic E-state index is -1.28. The fourth-order valence-electron chi connectivity index (χ4n) is 3.96. The van der Waals surface area contributed by atoms with Gasteiger partial charge in [0.1, 0.15) is 23.0 Å². The van der Waals surface area contributed by atoms with E-state index >= 15 is 0 Å². The molecular weight excluding hydrogens is 374 g/mol. The molecule has 2 aliphatic heterocycles. The molecule has 5 rings (SSSR count). The van der Waals surface area contributed by atoms with Crippen molar-refractivity contribution in [1.29, 1.82) is 0 Å². The fourth-order valence-corrected chi connectivity index (χ4v) is 3.96. The van der Waals surface area contributed by atoms with Crippen LogP contribution < -0.4 is 4.74 Å². The Balaban J connectivity index is 1.81. The first kappa shape index (κ1) is 17.0. The summed E-state index contributed by atoms with van der Waals surface area (Å²) in [5.41, 5.74) is 10.0. The molecule has 0 bridgehead atoms. The molecule has 2 aliphatic rings. The van der Waals surface area contributed by atoms with Crippen LogP contribution in [0.2, 0.25) is 0 Å². The molecule has 8 nitrogen and oxygen atoms in total. The van der Waals surface area contributed by atoms with Gasteiger partial charge in [-0.1, -0.05) is 17.2 Å². The summed E-state index contributed by atoms with van der Waals surface area (Å²) in [4.78, 5) is 15.6. The number of esters is 1. The molecule has 8 heteroatoms. The Bertz CT molecular complexity index is 1200. The van der Waals surface area contributed by atoms with Crippen molar-refractivity contribution >= 4 is 5.97 Å². The Labute approximate surface area is 164 Å². The van der Waals surface area contributed by atoms with Crippen molar-refractivity contribution in [3.05, 3.63) is 92.9 Å². The standard InChI is InChI=1S/C21H13N3O5/c22-24-23-10-11-1-4-15-14(7-11)20(27)29-21(15)16-5-2-12(25)8-18(16)28-19-9-13(26)3-6-17(19)21/h1-9,25-26H,10H2. The molecule has 142 valence electrons. The van der Waals surface area contributed by atoms with Gasteiger partial charge < -0.3 is 19.7 Å². The number of hydrogen-bond donors (Lipinski definition) is 2. The number of phenols is 2. The zero-order valence-electron chi connectivity index (χ0n) is 14.9. The van der Waals surface area contributed by atoms with E-state index in [0.29, 0.717) is 39.3 Å². The lowest BCUT2D eigenvalue weighted by Gasteiger charge is -2.36. The number of phenolic OH excluding ortho intramolecular Hbond substituents is 2. The van der Waals surface area contributed by atoms with E-state index in [9.17, 15) is 15.0 Å². The molecule has 2 heterocycles. The smallest absolute Gasteiger partial charge is 0.340 e. The van der Waals surface area contributed by atoms with E-state index in [4.69, 9.17) is 15.0 Å². The summed E-state index contributed by atoms with van der Waals surface area (Å²) in [5.74, 6) is 0.111. The zero-order valence-corrected chi connectivity index (χ0v) is 14.9. The monoisotopic (exact) mass is 387 g/mol. The molecule has 0 saturated carbocycles. The summed E-state index contributed by atoms with van der Waals surface area (Å²) in [6.07, 6.45) is 0. The normalized spacial score (nSPS) is 14.8. The first-order valence-electron chi connectivity index (χ1n) is 8.75. The molecule has 1 spiro atoms. The van der Waals surface area contributed by atoms with Crippen LogP contribution in [-0.2, 0) is 16.9 Å². The molecular formula is C21H13N3O5. The highest BCUT2D eigenvalue weighted by molar-refractivity contribution is 5.97. The van der Waals surface area contributed by atoms with Crippen molar-refractivity contribution < 1.29 is 24.5 Å². The summed E-state index contributed by atoms with van der Waals surface area (Å²) in [6, 6.07) is 14.4. The average Bonchev–Trinajstić information content (AvgIpc) is 2.98. The third kappa shape index (κ3) is 2.33. The van der Waals surface area contributed by atoms with Crippen LogP contribution in [0.1, 0.15) is 32.6 Å². The number of aromatic hydroxyl groups is 2. The Hall–Kier alpha value is -4.16. The van der Waals surface area contributed by atoms with Gasteiger partial charge in [-0.05, 0) is 41.4 Å². The molecule has 0 fully saturated rings. The second kappa shape index (κ2) is 5.92. The van der Waals surface area contributed by atoms with Crippen LogP contribution in [0.15, 0.2) is 59.7 Å². The van der Waals surface area contributed by atoms with Gasteiger partial charge in [0.25, 0.3) is 0 Å². The summed E-state index contributed by atoms with van der Waals surface area (Å²) < 4.78 is 11.9. The summed E-state index contributed by atoms with van der Waals surface area (Å²) in [5, 5.41) is 23.4. The van der Waals surface area contributed by atoms with Crippen molar-refractivity contribution in [2.45, 2.75) is 12.1 Å². The Morgan fingerprint density at radius 3 is 2.17 bits per heavy atom. The predicted molar refractivity (Wildman–Crippen MR) is 101 cm³/mol. The average molecular weight is 387 g/mol. The van der Waals surface area contributed by atoms with Gasteiger partial charge in [-0.25, -0.2) is 4.79 Å². The number of ether oxygens (including phenoxy) is 2. The molecule has 0 atom stereocenters. The van der Waals surface area contributed by atoms with Crippen LogP contribution in [0.3, 0.4) is 0 Å². The van der Waals surface area contributed by atoms with Crippen molar-refractivity contribution in [3.63, 3.8) is 0 Å². The van der Waals surface area contributed by atoms with Gasteiger partial charge in [0.2, 0.25) is 0 Å². The van der Waals surface area contributed by atoms with E-state index in [0.717, 1.165) is 0 Å². The molecule has 0 saturated heterocycles. The first-order valence-corrected chi connectivity index (χ1v) is 8.75. The number of rotatable bonds is 2. The second-order valence-corrected chi connectivity index (χ2v) is 6.80. The first-order chi connectivity index (χ1) is 14.0. The number of nitrogens with zero attached hydrogens (tertiary/aromatic N) is 3. The molecule has 0 aliphatic carbocycles. The minimum Gasteiger partial charge on any atom is -0.508 e. The number of carbonyl (C=O) groups is 1. The van der Waals surface area contributed by atoms with E-state index < -0.39 is 11.6 Å². The lowest BCUT2D eigenvalue weighted by molar-refractivity contribution is 0.0224. The maximum Gasteiger partial charge on any atom is 0.340 e. The van der Waals surface area contributed by atoms with Crippen LogP contribution in [-0.4, -0.2) is 16.2 Å². The van der Waals surface area contributed by atoms with Gasteiger partial charge >= 0.3 is 5.97 Å². The Kier molecular flexibility index (Phi) is 3.46. The van der Waals surface area contributed by atoms with Crippen LogP contribution in [0.4, 0.5) is 0 Å². The van der Waals surface area contributed by atoms with Gasteiger partial charge in [0, 0.05) is 33.7 Å². The molecule has 3 aromatic carbocycles. The van der Waals surface area contributed by atoms with Crippen LogP contribution in [0.25, 0.3) is 10.4 Å². The number of azide groups is 1. The van der Waals surface area contributed by atoms with Gasteiger partial charge in [-0.2, -0.15) is 0 Å². The predicted octanol–water partition coefficient (Wildman–Crippen LogP) is 4.48. The second-order valence-electron chi connectivity index (χ2n) is 6.80. The minimum absolute atomic E-state index is 0.00300. The molecule has 0 radical (unpaired) electrons. The molecule has 3 aromatic rings. The quantitative estimate of drug-likeness (QED) is 0.290. The third-order valence-corrected chi connectivity index (χ3v) is 5.15. The maximum atomic E-state index is 12.9. The van der Waals surface area contributed by atoms with Crippen LogP contribution in [0, 0.1) is 0 Å². The summed E-state index contributed by atoms with van der Waals surface area (Å²) in [7, 11) is 0. The largest absolute Gasteiger partial charge is 0.508 e. The van der Waals surface area contributed by atoms with Gasteiger partial charge in [0.05, 0.1) is 12.1 Å². The maximum absolute atomic E-state index is 12.9. The van der Waals surface area contributed by atoms with Crippen molar-refractivity contribution in [3.8, 4) is 23.0 Å². The molecule has 0 amide bonds. The zero-order chi connectivity index (χ0) is 20.2. The molecule has 2 N–H and O–H groups in total. The van der Waals surface area contributed by atoms with Crippen molar-refractivity contribution in [1.82, 2.24) is 0 Å². The van der Waals surface area contributed by atoms with E-state index in [1.54, 1.807) is 30.3 Å². The van der Waals surface area contributed by atoms with Crippen LogP contribution >= 0.6 is 0 Å².